The number of carbonyl (C=O) groups is 1. The predicted molar refractivity (Wildman–Crippen MR) is 121 cm³/mol. The molecule has 178 valence electrons. The summed E-state index contributed by atoms with van der Waals surface area (Å²) >= 11 is 0. The van der Waals surface area contributed by atoms with Gasteiger partial charge in [-0.25, -0.2) is 21.6 Å². The lowest BCUT2D eigenvalue weighted by atomic mass is 10.2. The van der Waals surface area contributed by atoms with Crippen LogP contribution in [-0.4, -0.2) is 62.2 Å². The molecule has 8 nitrogen and oxygen atoms in total. The predicted octanol–water partition coefficient (Wildman–Crippen LogP) is 3.48. The summed E-state index contributed by atoms with van der Waals surface area (Å²) in [4.78, 5) is 12.0. The minimum Gasteiger partial charge on any atom is -0.462 e. The molecular formula is C21H36N2O6S2. The number of esters is 1. The lowest BCUT2D eigenvalue weighted by Crippen LogP contribution is -2.43. The molecule has 0 heterocycles. The van der Waals surface area contributed by atoms with Crippen molar-refractivity contribution in [2.24, 2.45) is 0 Å². The van der Waals surface area contributed by atoms with Gasteiger partial charge < -0.3 is 4.74 Å². The SMILES string of the molecule is CCOC(=O)c1ccc(S(=O)(=O)N(C(C)C)C(C)C)cc1S(=O)(=O)N(C(C)C)C(C)C. The highest BCUT2D eigenvalue weighted by molar-refractivity contribution is 7.90. The second-order valence-corrected chi connectivity index (χ2v) is 12.1. The molecule has 0 radical (unpaired) electrons. The number of ether oxygens (including phenoxy) is 1. The second-order valence-electron chi connectivity index (χ2n) is 8.42. The van der Waals surface area contributed by atoms with E-state index in [-0.39, 0.29) is 34.0 Å². The number of hydrogen-bond acceptors (Lipinski definition) is 6. The third-order valence-electron chi connectivity index (χ3n) is 4.62. The third kappa shape index (κ3) is 5.85. The topological polar surface area (TPSA) is 101 Å². The van der Waals surface area contributed by atoms with Gasteiger partial charge in [0.05, 0.1) is 22.0 Å². The molecule has 1 aromatic rings. The van der Waals surface area contributed by atoms with Gasteiger partial charge in [-0.05, 0) is 80.5 Å². The highest BCUT2D eigenvalue weighted by Gasteiger charge is 2.36. The van der Waals surface area contributed by atoms with Gasteiger partial charge in [-0.15, -0.1) is 0 Å². The Hall–Kier alpha value is -1.49. The van der Waals surface area contributed by atoms with Crippen molar-refractivity contribution in [3.8, 4) is 0 Å². The average molecular weight is 477 g/mol. The van der Waals surface area contributed by atoms with E-state index in [0.29, 0.717) is 0 Å². The number of benzene rings is 1. The van der Waals surface area contributed by atoms with Crippen LogP contribution in [0.4, 0.5) is 0 Å². The van der Waals surface area contributed by atoms with E-state index in [0.717, 1.165) is 6.07 Å². The first-order valence-corrected chi connectivity index (χ1v) is 13.4. The van der Waals surface area contributed by atoms with E-state index in [1.807, 2.05) is 0 Å². The van der Waals surface area contributed by atoms with Crippen molar-refractivity contribution in [1.82, 2.24) is 8.61 Å². The lowest BCUT2D eigenvalue weighted by Gasteiger charge is -2.31. The van der Waals surface area contributed by atoms with Crippen molar-refractivity contribution in [1.29, 1.82) is 0 Å². The molecule has 0 N–H and O–H groups in total. The number of hydrogen-bond donors (Lipinski definition) is 0. The van der Waals surface area contributed by atoms with Gasteiger partial charge in [0.1, 0.15) is 0 Å². The summed E-state index contributed by atoms with van der Waals surface area (Å²) in [6.45, 7) is 15.6. The van der Waals surface area contributed by atoms with E-state index >= 15 is 0 Å². The van der Waals surface area contributed by atoms with Crippen molar-refractivity contribution in [2.45, 2.75) is 96.3 Å². The van der Waals surface area contributed by atoms with Crippen LogP contribution >= 0.6 is 0 Å². The summed E-state index contributed by atoms with van der Waals surface area (Å²) in [5, 5.41) is 0. The summed E-state index contributed by atoms with van der Waals surface area (Å²) < 4.78 is 61.4. The van der Waals surface area contributed by atoms with Gasteiger partial charge in [-0.1, -0.05) is 0 Å². The Morgan fingerprint density at radius 1 is 0.806 bits per heavy atom. The Kier molecular flexibility index (Phi) is 9.26. The van der Waals surface area contributed by atoms with E-state index in [1.54, 1.807) is 62.3 Å². The fourth-order valence-corrected chi connectivity index (χ4v) is 7.77. The summed E-state index contributed by atoms with van der Waals surface area (Å²) in [7, 11) is -8.20. The van der Waals surface area contributed by atoms with Crippen LogP contribution in [0.15, 0.2) is 28.0 Å². The largest absolute Gasteiger partial charge is 0.462 e. The van der Waals surface area contributed by atoms with Gasteiger partial charge >= 0.3 is 5.97 Å². The molecule has 0 bridgehead atoms. The van der Waals surface area contributed by atoms with Gasteiger partial charge in [-0.3, -0.25) is 0 Å². The Bertz CT molecular complexity index is 967. The van der Waals surface area contributed by atoms with Gasteiger partial charge in [0.25, 0.3) is 0 Å². The highest BCUT2D eigenvalue weighted by Crippen LogP contribution is 2.30. The number of carbonyl (C=O) groups excluding carboxylic acids is 1. The van der Waals surface area contributed by atoms with Crippen molar-refractivity contribution in [2.75, 3.05) is 6.61 Å². The van der Waals surface area contributed by atoms with Crippen LogP contribution in [0.5, 0.6) is 0 Å². The summed E-state index contributed by atoms with van der Waals surface area (Å²) in [6, 6.07) is 2.08. The minimum absolute atomic E-state index is 0.0604. The lowest BCUT2D eigenvalue weighted by molar-refractivity contribution is 0.0521. The molecule has 1 rings (SSSR count). The third-order valence-corrected chi connectivity index (χ3v) is 9.16. The zero-order chi connectivity index (χ0) is 24.3. The standard InChI is InChI=1S/C21H36N2O6S2/c1-10-29-21(24)19-12-11-18(30(25,26)22(14(2)3)15(4)5)13-20(19)31(27,28)23(16(6)7)17(8)9/h11-17H,10H2,1-9H3. The molecule has 0 fully saturated rings. The zero-order valence-electron chi connectivity index (χ0n) is 19.9. The number of sulfonamides is 2. The zero-order valence-corrected chi connectivity index (χ0v) is 21.5. The van der Waals surface area contributed by atoms with Crippen molar-refractivity contribution in [3.63, 3.8) is 0 Å². The molecule has 0 aromatic heterocycles. The molecule has 0 unspecified atom stereocenters. The maximum absolute atomic E-state index is 13.6. The molecule has 0 aliphatic rings. The molecule has 10 heteroatoms. The molecule has 0 saturated carbocycles. The van der Waals surface area contributed by atoms with Gasteiger partial charge in [0, 0.05) is 24.2 Å². The maximum Gasteiger partial charge on any atom is 0.339 e. The van der Waals surface area contributed by atoms with Crippen molar-refractivity contribution < 1.29 is 26.4 Å². The van der Waals surface area contributed by atoms with Crippen LogP contribution in [-0.2, 0) is 24.8 Å². The molecular weight excluding hydrogens is 440 g/mol. The van der Waals surface area contributed by atoms with E-state index in [9.17, 15) is 21.6 Å². The molecule has 0 atom stereocenters. The first-order valence-electron chi connectivity index (χ1n) is 10.5. The Morgan fingerprint density at radius 3 is 1.61 bits per heavy atom. The Labute approximate surface area is 187 Å². The quantitative estimate of drug-likeness (QED) is 0.479. The van der Waals surface area contributed by atoms with Crippen LogP contribution in [0.2, 0.25) is 0 Å². The van der Waals surface area contributed by atoms with E-state index in [1.165, 1.54) is 20.7 Å². The fourth-order valence-electron chi connectivity index (χ4n) is 3.79. The molecule has 31 heavy (non-hydrogen) atoms. The van der Waals surface area contributed by atoms with Crippen molar-refractivity contribution >= 4 is 26.0 Å². The second kappa shape index (κ2) is 10.4. The Morgan fingerprint density at radius 2 is 1.23 bits per heavy atom. The minimum atomic E-state index is -4.19. The molecule has 0 amide bonds. The van der Waals surface area contributed by atoms with E-state index in [4.69, 9.17) is 4.74 Å². The first-order chi connectivity index (χ1) is 14.1. The summed E-state index contributed by atoms with van der Waals surface area (Å²) in [6.07, 6.45) is 0. The van der Waals surface area contributed by atoms with Gasteiger partial charge in [0.15, 0.2) is 0 Å². The van der Waals surface area contributed by atoms with Crippen LogP contribution in [0.25, 0.3) is 0 Å². The summed E-state index contributed by atoms with van der Waals surface area (Å²) in [5.41, 5.74) is -0.187. The normalized spacial score (nSPS) is 13.3. The maximum atomic E-state index is 13.6. The van der Waals surface area contributed by atoms with Gasteiger partial charge in [0.2, 0.25) is 20.0 Å². The average Bonchev–Trinajstić information content (AvgIpc) is 2.59. The Balaban J connectivity index is 3.89. The summed E-state index contributed by atoms with van der Waals surface area (Å²) in [5.74, 6) is -0.818. The van der Waals surface area contributed by atoms with Crippen molar-refractivity contribution in [3.05, 3.63) is 23.8 Å². The molecule has 0 aliphatic heterocycles. The first kappa shape index (κ1) is 27.5. The number of rotatable bonds is 10. The monoisotopic (exact) mass is 476 g/mol. The highest BCUT2D eigenvalue weighted by atomic mass is 32.2. The molecule has 1 aromatic carbocycles. The smallest absolute Gasteiger partial charge is 0.339 e. The molecule has 0 spiro atoms. The van der Waals surface area contributed by atoms with Crippen LogP contribution in [0, 0.1) is 0 Å². The molecule has 0 aliphatic carbocycles. The van der Waals surface area contributed by atoms with Crippen LogP contribution < -0.4 is 0 Å². The number of nitrogens with zero attached hydrogens (tertiary/aromatic N) is 2. The van der Waals surface area contributed by atoms with E-state index < -0.39 is 38.1 Å². The molecule has 0 saturated heterocycles. The van der Waals surface area contributed by atoms with Gasteiger partial charge in [-0.2, -0.15) is 8.61 Å². The van der Waals surface area contributed by atoms with Crippen LogP contribution in [0.3, 0.4) is 0 Å². The van der Waals surface area contributed by atoms with E-state index in [2.05, 4.69) is 0 Å². The fraction of sp³-hybridized carbons (Fsp3) is 0.667. The van der Waals surface area contributed by atoms with Crippen LogP contribution in [0.1, 0.15) is 72.7 Å².